The highest BCUT2D eigenvalue weighted by molar-refractivity contribution is 5.76. The molecule has 1 atom stereocenters. The third-order valence-electron chi connectivity index (χ3n) is 4.90. The smallest absolute Gasteiger partial charge is 0.220 e. The van der Waals surface area contributed by atoms with E-state index in [1.165, 1.54) is 0 Å². The van der Waals surface area contributed by atoms with Crippen LogP contribution >= 0.6 is 0 Å². The molecule has 2 fully saturated rings. The van der Waals surface area contributed by atoms with Crippen LogP contribution in [0.5, 0.6) is 0 Å². The summed E-state index contributed by atoms with van der Waals surface area (Å²) < 4.78 is 0. The molecule has 0 unspecified atom stereocenters. The highest BCUT2D eigenvalue weighted by Gasteiger charge is 2.41. The summed E-state index contributed by atoms with van der Waals surface area (Å²) in [6.07, 6.45) is 2.39. The number of nitrogens with one attached hydrogen (secondary N) is 1. The maximum Gasteiger partial charge on any atom is 0.220 e. The van der Waals surface area contributed by atoms with Gasteiger partial charge in [-0.25, -0.2) is 4.98 Å². The van der Waals surface area contributed by atoms with E-state index in [2.05, 4.69) is 33.2 Å². The minimum absolute atomic E-state index is 0.00172. The average molecular weight is 299 g/mol. The van der Waals surface area contributed by atoms with Crippen molar-refractivity contribution in [2.45, 2.75) is 24.8 Å². The summed E-state index contributed by atoms with van der Waals surface area (Å²) in [6.45, 7) is 3.40. The van der Waals surface area contributed by atoms with Crippen LogP contribution in [-0.2, 0) is 4.79 Å². The third-order valence-corrected chi connectivity index (χ3v) is 4.90. The highest BCUT2D eigenvalue weighted by Crippen LogP contribution is 2.32. The summed E-state index contributed by atoms with van der Waals surface area (Å²) in [7, 11) is 2.15. The Kier molecular flexibility index (Phi) is 3.99. The molecule has 0 aromatic carbocycles. The summed E-state index contributed by atoms with van der Waals surface area (Å²) in [5, 5.41) is 12.0. The van der Waals surface area contributed by atoms with E-state index in [1.54, 1.807) is 6.07 Å². The first-order valence-corrected chi connectivity index (χ1v) is 7.73. The SMILES string of the molecule is CN1CCN(c2cccc(C#N)n2)C[C@]12CCNC(=O)CC2. The van der Waals surface area contributed by atoms with Crippen LogP contribution < -0.4 is 10.2 Å². The van der Waals surface area contributed by atoms with Crippen LogP contribution in [0.4, 0.5) is 5.82 Å². The lowest BCUT2D eigenvalue weighted by molar-refractivity contribution is -0.120. The van der Waals surface area contributed by atoms with Crippen LogP contribution in [0.3, 0.4) is 0 Å². The van der Waals surface area contributed by atoms with Crippen molar-refractivity contribution in [3.63, 3.8) is 0 Å². The number of hydrogen-bond donors (Lipinski definition) is 1. The molecule has 6 heteroatoms. The van der Waals surface area contributed by atoms with E-state index in [1.807, 2.05) is 12.1 Å². The minimum Gasteiger partial charge on any atom is -0.356 e. The van der Waals surface area contributed by atoms with Gasteiger partial charge in [0, 0.05) is 38.1 Å². The maximum absolute atomic E-state index is 11.7. The number of carbonyl (C=O) groups is 1. The van der Waals surface area contributed by atoms with Crippen LogP contribution in [0.1, 0.15) is 25.0 Å². The Balaban J connectivity index is 1.83. The van der Waals surface area contributed by atoms with Gasteiger partial charge in [-0.3, -0.25) is 9.69 Å². The Bertz CT molecular complexity index is 611. The second kappa shape index (κ2) is 5.93. The van der Waals surface area contributed by atoms with Crippen molar-refractivity contribution < 1.29 is 4.79 Å². The second-order valence-corrected chi connectivity index (χ2v) is 6.16. The van der Waals surface area contributed by atoms with Gasteiger partial charge in [0.2, 0.25) is 5.91 Å². The molecular formula is C16H21N5O. The van der Waals surface area contributed by atoms with Crippen molar-refractivity contribution in [3.8, 4) is 6.07 Å². The van der Waals surface area contributed by atoms with Gasteiger partial charge in [0.15, 0.2) is 0 Å². The van der Waals surface area contributed by atoms with Gasteiger partial charge in [-0.2, -0.15) is 5.26 Å². The molecule has 2 saturated heterocycles. The van der Waals surface area contributed by atoms with Crippen LogP contribution in [0.15, 0.2) is 18.2 Å². The number of pyridine rings is 1. The number of anilines is 1. The van der Waals surface area contributed by atoms with Gasteiger partial charge in [0.25, 0.3) is 0 Å². The van der Waals surface area contributed by atoms with Crippen molar-refractivity contribution in [1.29, 1.82) is 5.26 Å². The molecule has 0 aliphatic carbocycles. The van der Waals surface area contributed by atoms with Crippen LogP contribution in [0, 0.1) is 11.3 Å². The quantitative estimate of drug-likeness (QED) is 0.828. The van der Waals surface area contributed by atoms with E-state index >= 15 is 0 Å². The molecule has 1 aromatic heterocycles. The van der Waals surface area contributed by atoms with Crippen molar-refractivity contribution in [3.05, 3.63) is 23.9 Å². The Labute approximate surface area is 130 Å². The Hall–Kier alpha value is -2.13. The predicted molar refractivity (Wildman–Crippen MR) is 83.4 cm³/mol. The highest BCUT2D eigenvalue weighted by atomic mass is 16.1. The Morgan fingerprint density at radius 3 is 3.05 bits per heavy atom. The normalized spacial score (nSPS) is 26.4. The first-order valence-electron chi connectivity index (χ1n) is 7.73. The number of aromatic nitrogens is 1. The first-order chi connectivity index (χ1) is 10.6. The van der Waals surface area contributed by atoms with Gasteiger partial charge in [-0.15, -0.1) is 0 Å². The first kappa shape index (κ1) is 14.8. The largest absolute Gasteiger partial charge is 0.356 e. The number of likely N-dealkylation sites (N-methyl/N-ethyl adjacent to an activating group) is 1. The number of carbonyl (C=O) groups excluding carboxylic acids is 1. The molecule has 6 nitrogen and oxygen atoms in total. The van der Waals surface area contributed by atoms with Crippen molar-refractivity contribution >= 4 is 11.7 Å². The van der Waals surface area contributed by atoms with Crippen LogP contribution in [-0.4, -0.2) is 54.6 Å². The number of rotatable bonds is 1. The van der Waals surface area contributed by atoms with Crippen LogP contribution in [0.25, 0.3) is 0 Å². The molecule has 22 heavy (non-hydrogen) atoms. The van der Waals surface area contributed by atoms with Crippen molar-refractivity contribution in [2.75, 3.05) is 38.1 Å². The number of hydrogen-bond acceptors (Lipinski definition) is 5. The number of piperazine rings is 1. The zero-order chi connectivity index (χ0) is 15.6. The molecule has 0 radical (unpaired) electrons. The van der Waals surface area contributed by atoms with E-state index < -0.39 is 0 Å². The number of nitrogens with zero attached hydrogens (tertiary/aromatic N) is 4. The molecule has 2 aliphatic rings. The van der Waals surface area contributed by atoms with Gasteiger partial charge in [0.05, 0.1) is 0 Å². The number of nitriles is 1. The predicted octanol–water partition coefficient (Wildman–Crippen LogP) is 0.744. The Morgan fingerprint density at radius 2 is 2.23 bits per heavy atom. The van der Waals surface area contributed by atoms with Gasteiger partial charge in [-0.1, -0.05) is 6.07 Å². The summed E-state index contributed by atoms with van der Waals surface area (Å²) in [5.41, 5.74) is 0.449. The average Bonchev–Trinajstić information content (AvgIpc) is 2.73. The molecule has 1 amide bonds. The number of amides is 1. The fraction of sp³-hybridized carbons (Fsp3) is 0.562. The maximum atomic E-state index is 11.7. The molecular weight excluding hydrogens is 278 g/mol. The summed E-state index contributed by atoms with van der Waals surface area (Å²) in [6, 6.07) is 7.66. The van der Waals surface area contributed by atoms with Crippen LogP contribution in [0.2, 0.25) is 0 Å². The lowest BCUT2D eigenvalue weighted by atomic mass is 9.86. The molecule has 0 saturated carbocycles. The fourth-order valence-corrected chi connectivity index (χ4v) is 3.45. The Morgan fingerprint density at radius 1 is 1.36 bits per heavy atom. The van der Waals surface area contributed by atoms with Crippen molar-refractivity contribution in [2.24, 2.45) is 0 Å². The van der Waals surface area contributed by atoms with Crippen molar-refractivity contribution in [1.82, 2.24) is 15.2 Å². The molecule has 3 rings (SSSR count). The second-order valence-electron chi connectivity index (χ2n) is 6.16. The molecule has 116 valence electrons. The van der Waals surface area contributed by atoms with Gasteiger partial charge >= 0.3 is 0 Å². The summed E-state index contributed by atoms with van der Waals surface area (Å²) in [4.78, 5) is 20.7. The topological polar surface area (TPSA) is 72.3 Å². The van der Waals surface area contributed by atoms with Gasteiger partial charge in [-0.05, 0) is 32.0 Å². The molecule has 1 N–H and O–H groups in total. The molecule has 1 aromatic rings. The van der Waals surface area contributed by atoms with E-state index in [0.717, 1.165) is 44.8 Å². The van der Waals surface area contributed by atoms with Gasteiger partial charge in [0.1, 0.15) is 17.6 Å². The fourth-order valence-electron chi connectivity index (χ4n) is 3.45. The standard InChI is InChI=1S/C16H21N5O/c1-20-9-10-21(14-4-2-3-13(11-17)19-14)12-16(20)6-5-15(22)18-8-7-16/h2-4H,5-10,12H2,1H3,(H,18,22)/t16-/m0/s1. The summed E-state index contributed by atoms with van der Waals surface area (Å²) >= 11 is 0. The van der Waals surface area contributed by atoms with E-state index in [0.29, 0.717) is 12.1 Å². The minimum atomic E-state index is 0.00172. The van der Waals surface area contributed by atoms with Gasteiger partial charge < -0.3 is 10.2 Å². The molecule has 1 spiro atoms. The van der Waals surface area contributed by atoms with E-state index in [-0.39, 0.29) is 11.4 Å². The zero-order valence-electron chi connectivity index (χ0n) is 12.9. The third kappa shape index (κ3) is 2.77. The molecule has 3 heterocycles. The molecule has 2 aliphatic heterocycles. The molecule has 0 bridgehead atoms. The lowest BCUT2D eigenvalue weighted by Crippen LogP contribution is -2.61. The zero-order valence-corrected chi connectivity index (χ0v) is 12.9. The van der Waals surface area contributed by atoms with E-state index in [9.17, 15) is 4.79 Å². The monoisotopic (exact) mass is 299 g/mol. The lowest BCUT2D eigenvalue weighted by Gasteiger charge is -2.49. The summed E-state index contributed by atoms with van der Waals surface area (Å²) in [5.74, 6) is 1.00. The van der Waals surface area contributed by atoms with E-state index in [4.69, 9.17) is 5.26 Å².